The molecule has 1 saturated carbocycles. The zero-order valence-electron chi connectivity index (χ0n) is 12.5. The summed E-state index contributed by atoms with van der Waals surface area (Å²) in [5, 5.41) is 3.37. The van der Waals surface area contributed by atoms with E-state index in [9.17, 15) is 8.78 Å². The van der Waals surface area contributed by atoms with E-state index < -0.39 is 11.6 Å². The molecule has 0 radical (unpaired) electrons. The topological polar surface area (TPSA) is 15.3 Å². The van der Waals surface area contributed by atoms with Gasteiger partial charge in [-0.05, 0) is 36.5 Å². The van der Waals surface area contributed by atoms with Gasteiger partial charge < -0.3 is 5.32 Å². The molecule has 3 rings (SSSR count). The fraction of sp³-hybridized carbons (Fsp3) is 0.647. The van der Waals surface area contributed by atoms with Crippen LogP contribution in [0.25, 0.3) is 0 Å². The van der Waals surface area contributed by atoms with Crippen molar-refractivity contribution < 1.29 is 8.78 Å². The van der Waals surface area contributed by atoms with E-state index in [1.807, 2.05) is 0 Å². The molecule has 116 valence electrons. The predicted octanol–water partition coefficient (Wildman–Crippen LogP) is 3.49. The summed E-state index contributed by atoms with van der Waals surface area (Å²) in [7, 11) is 0. The van der Waals surface area contributed by atoms with Crippen molar-refractivity contribution in [3.63, 3.8) is 0 Å². The van der Waals surface area contributed by atoms with Gasteiger partial charge in [-0.2, -0.15) is 0 Å². The minimum absolute atomic E-state index is 0.238. The molecular formula is C17H24F2N2. The maximum absolute atomic E-state index is 13.7. The second kappa shape index (κ2) is 6.84. The number of benzene rings is 1. The van der Waals surface area contributed by atoms with E-state index in [2.05, 4.69) is 10.2 Å². The van der Waals surface area contributed by atoms with Crippen molar-refractivity contribution in [3.8, 4) is 0 Å². The first-order valence-electron chi connectivity index (χ1n) is 8.15. The first-order valence-corrected chi connectivity index (χ1v) is 8.15. The maximum Gasteiger partial charge on any atom is 0.159 e. The number of nitrogens with zero attached hydrogens (tertiary/aromatic N) is 1. The minimum Gasteiger partial charge on any atom is -0.314 e. The number of hydrogen-bond acceptors (Lipinski definition) is 2. The normalized spacial score (nSPS) is 23.1. The number of halogens is 2. The average Bonchev–Trinajstić information content (AvgIpc) is 2.53. The molecule has 1 aromatic carbocycles. The summed E-state index contributed by atoms with van der Waals surface area (Å²) >= 11 is 0. The first-order chi connectivity index (χ1) is 10.3. The van der Waals surface area contributed by atoms with Crippen LogP contribution in [0, 0.1) is 17.6 Å². The molecule has 0 amide bonds. The minimum atomic E-state index is -0.749. The third-order valence-electron chi connectivity index (χ3n) is 4.93. The molecule has 1 heterocycles. The van der Waals surface area contributed by atoms with Crippen LogP contribution in [0.4, 0.5) is 8.78 Å². The molecule has 0 spiro atoms. The summed E-state index contributed by atoms with van der Waals surface area (Å²) in [6.07, 6.45) is 6.23. The lowest BCUT2D eigenvalue weighted by atomic mass is 9.80. The zero-order valence-corrected chi connectivity index (χ0v) is 12.5. The first kappa shape index (κ1) is 14.9. The van der Waals surface area contributed by atoms with Crippen LogP contribution < -0.4 is 5.32 Å². The summed E-state index contributed by atoms with van der Waals surface area (Å²) in [5.74, 6) is -0.897. The van der Waals surface area contributed by atoms with Crippen molar-refractivity contribution in [2.45, 2.75) is 38.1 Å². The van der Waals surface area contributed by atoms with Crippen molar-refractivity contribution in [2.75, 3.05) is 26.2 Å². The van der Waals surface area contributed by atoms with Gasteiger partial charge in [0.15, 0.2) is 11.6 Å². The molecule has 1 N–H and O–H groups in total. The van der Waals surface area contributed by atoms with Gasteiger partial charge in [-0.3, -0.25) is 4.90 Å². The number of hydrogen-bond donors (Lipinski definition) is 1. The number of rotatable bonds is 3. The van der Waals surface area contributed by atoms with Gasteiger partial charge in [-0.1, -0.05) is 25.3 Å². The van der Waals surface area contributed by atoms with Crippen LogP contribution >= 0.6 is 0 Å². The average molecular weight is 294 g/mol. The standard InChI is InChI=1S/C17H24F2N2/c18-15-7-6-14(12-16(15)19)17(13-4-2-1-3-5-13)21-10-8-20-9-11-21/h6-7,12-13,17,20H,1-5,8-11H2/t17-/m1/s1. The lowest BCUT2D eigenvalue weighted by molar-refractivity contribution is 0.103. The lowest BCUT2D eigenvalue weighted by Crippen LogP contribution is -2.47. The highest BCUT2D eigenvalue weighted by molar-refractivity contribution is 5.22. The van der Waals surface area contributed by atoms with Crippen LogP contribution in [0.3, 0.4) is 0 Å². The van der Waals surface area contributed by atoms with E-state index in [1.165, 1.54) is 44.2 Å². The molecule has 1 saturated heterocycles. The van der Waals surface area contributed by atoms with Crippen LogP contribution in [0.5, 0.6) is 0 Å². The summed E-state index contributed by atoms with van der Waals surface area (Å²) in [5.41, 5.74) is 0.947. The zero-order chi connectivity index (χ0) is 14.7. The molecule has 1 aromatic rings. The molecule has 0 unspecified atom stereocenters. The van der Waals surface area contributed by atoms with Crippen molar-refractivity contribution in [1.29, 1.82) is 0 Å². The van der Waals surface area contributed by atoms with Gasteiger partial charge in [0.25, 0.3) is 0 Å². The Bertz CT molecular complexity index is 448. The van der Waals surface area contributed by atoms with Crippen LogP contribution in [-0.2, 0) is 0 Å². The summed E-state index contributed by atoms with van der Waals surface area (Å²) in [4.78, 5) is 2.46. The van der Waals surface area contributed by atoms with Gasteiger partial charge in [-0.15, -0.1) is 0 Å². The molecule has 1 aliphatic carbocycles. The smallest absolute Gasteiger partial charge is 0.159 e. The number of piperazine rings is 1. The maximum atomic E-state index is 13.7. The van der Waals surface area contributed by atoms with Gasteiger partial charge in [-0.25, -0.2) is 8.78 Å². The van der Waals surface area contributed by atoms with E-state index in [1.54, 1.807) is 6.07 Å². The van der Waals surface area contributed by atoms with Gasteiger partial charge in [0.2, 0.25) is 0 Å². The van der Waals surface area contributed by atoms with Crippen molar-refractivity contribution in [2.24, 2.45) is 5.92 Å². The number of nitrogens with one attached hydrogen (secondary N) is 1. The van der Waals surface area contributed by atoms with E-state index in [-0.39, 0.29) is 6.04 Å². The Labute approximate surface area is 125 Å². The second-order valence-corrected chi connectivity index (χ2v) is 6.30. The molecule has 21 heavy (non-hydrogen) atoms. The molecular weight excluding hydrogens is 270 g/mol. The van der Waals surface area contributed by atoms with Crippen LogP contribution in [0.15, 0.2) is 18.2 Å². The highest BCUT2D eigenvalue weighted by Crippen LogP contribution is 2.38. The summed E-state index contributed by atoms with van der Waals surface area (Å²) in [6.45, 7) is 3.93. The molecule has 1 atom stereocenters. The Morgan fingerprint density at radius 2 is 1.71 bits per heavy atom. The van der Waals surface area contributed by atoms with Gasteiger partial charge >= 0.3 is 0 Å². The monoisotopic (exact) mass is 294 g/mol. The molecule has 2 nitrogen and oxygen atoms in total. The van der Waals surface area contributed by atoms with E-state index >= 15 is 0 Å². The highest BCUT2D eigenvalue weighted by Gasteiger charge is 2.31. The summed E-state index contributed by atoms with van der Waals surface area (Å²) in [6, 6.07) is 4.71. The highest BCUT2D eigenvalue weighted by atomic mass is 19.2. The Kier molecular flexibility index (Phi) is 4.86. The van der Waals surface area contributed by atoms with Crippen LogP contribution in [0.1, 0.15) is 43.7 Å². The van der Waals surface area contributed by atoms with Gasteiger partial charge in [0.1, 0.15) is 0 Å². The second-order valence-electron chi connectivity index (χ2n) is 6.30. The van der Waals surface area contributed by atoms with Crippen molar-refractivity contribution >= 4 is 0 Å². The third-order valence-corrected chi connectivity index (χ3v) is 4.93. The van der Waals surface area contributed by atoms with Crippen LogP contribution in [-0.4, -0.2) is 31.1 Å². The largest absolute Gasteiger partial charge is 0.314 e. The molecule has 2 fully saturated rings. The quantitative estimate of drug-likeness (QED) is 0.918. The van der Waals surface area contributed by atoms with E-state index in [4.69, 9.17) is 0 Å². The molecule has 4 heteroatoms. The SMILES string of the molecule is Fc1ccc([C@@H](C2CCCCC2)N2CCNCC2)cc1F. The van der Waals surface area contributed by atoms with Crippen molar-refractivity contribution in [1.82, 2.24) is 10.2 Å². The summed E-state index contributed by atoms with van der Waals surface area (Å²) < 4.78 is 26.9. The van der Waals surface area contributed by atoms with Gasteiger partial charge in [0, 0.05) is 32.2 Å². The Morgan fingerprint density at radius 3 is 2.38 bits per heavy atom. The lowest BCUT2D eigenvalue weighted by Gasteiger charge is -2.41. The Morgan fingerprint density at radius 1 is 1.00 bits per heavy atom. The van der Waals surface area contributed by atoms with Gasteiger partial charge in [0.05, 0.1) is 0 Å². The molecule has 0 aromatic heterocycles. The molecule has 2 aliphatic rings. The molecule has 1 aliphatic heterocycles. The van der Waals surface area contributed by atoms with Crippen molar-refractivity contribution in [3.05, 3.63) is 35.4 Å². The molecule has 0 bridgehead atoms. The van der Waals surface area contributed by atoms with E-state index in [0.717, 1.165) is 31.7 Å². The predicted molar refractivity (Wildman–Crippen MR) is 80.1 cm³/mol. The van der Waals surface area contributed by atoms with E-state index in [0.29, 0.717) is 5.92 Å². The Hall–Kier alpha value is -1.00. The third kappa shape index (κ3) is 3.43. The fourth-order valence-corrected chi connectivity index (χ4v) is 3.89. The Balaban J connectivity index is 1.87. The van der Waals surface area contributed by atoms with Crippen LogP contribution in [0.2, 0.25) is 0 Å². The fourth-order valence-electron chi connectivity index (χ4n) is 3.89.